The fourth-order valence-electron chi connectivity index (χ4n) is 1.12. The van der Waals surface area contributed by atoms with Crippen LogP contribution in [0.4, 0.5) is 0 Å². The maximum absolute atomic E-state index is 10.6. The van der Waals surface area contributed by atoms with Crippen molar-refractivity contribution in [1.29, 1.82) is 0 Å². The van der Waals surface area contributed by atoms with E-state index in [1.807, 2.05) is 6.07 Å². The van der Waals surface area contributed by atoms with Crippen molar-refractivity contribution in [2.45, 2.75) is 0 Å². The van der Waals surface area contributed by atoms with Gasteiger partial charge in [-0.1, -0.05) is 6.07 Å². The van der Waals surface area contributed by atoms with E-state index in [1.165, 1.54) is 6.20 Å². The van der Waals surface area contributed by atoms with Gasteiger partial charge in [-0.2, -0.15) is 13.5 Å². The number of hydrogen-bond donors (Lipinski definition) is 0. The van der Waals surface area contributed by atoms with E-state index in [1.54, 1.807) is 18.5 Å². The van der Waals surface area contributed by atoms with Crippen molar-refractivity contribution in [1.82, 2.24) is 9.97 Å². The van der Waals surface area contributed by atoms with E-state index in [-0.39, 0.29) is 13.5 Å². The molecule has 4 heteroatoms. The molecule has 0 unspecified atom stereocenters. The third-order valence-corrected chi connectivity index (χ3v) is 1.69. The summed E-state index contributed by atoms with van der Waals surface area (Å²) in [6.45, 7) is 0. The number of carbonyl (C=O) groups is 1. The van der Waals surface area contributed by atoms with E-state index in [0.29, 0.717) is 5.56 Å². The number of aromatic nitrogens is 2. The van der Waals surface area contributed by atoms with Gasteiger partial charge in [0.2, 0.25) is 0 Å². The average Bonchev–Trinajstić information content (AvgIpc) is 2.17. The van der Waals surface area contributed by atoms with Gasteiger partial charge in [0.25, 0.3) is 0 Å². The Bertz CT molecular complexity index is 425. The molecule has 0 amide bonds. The molecule has 3 nitrogen and oxygen atoms in total. The Balaban J connectivity index is 0.000000845. The SMILES string of the molecule is O=Cc1cncc2ncccc12.S. The summed E-state index contributed by atoms with van der Waals surface area (Å²) >= 11 is 0. The quantitative estimate of drug-likeness (QED) is 0.644. The zero-order valence-corrected chi connectivity index (χ0v) is 7.77. The van der Waals surface area contributed by atoms with E-state index in [4.69, 9.17) is 0 Å². The molecule has 0 radical (unpaired) electrons. The van der Waals surface area contributed by atoms with Gasteiger partial charge in [0.15, 0.2) is 6.29 Å². The average molecular weight is 192 g/mol. The second-order valence-corrected chi connectivity index (χ2v) is 2.42. The van der Waals surface area contributed by atoms with E-state index in [2.05, 4.69) is 9.97 Å². The van der Waals surface area contributed by atoms with Crippen LogP contribution < -0.4 is 0 Å². The number of aldehydes is 1. The highest BCUT2D eigenvalue weighted by molar-refractivity contribution is 7.59. The minimum Gasteiger partial charge on any atom is -0.298 e. The number of nitrogens with zero attached hydrogens (tertiary/aromatic N) is 2. The van der Waals surface area contributed by atoms with Crippen LogP contribution in [0, 0.1) is 0 Å². The molecule has 0 saturated carbocycles. The van der Waals surface area contributed by atoms with Gasteiger partial charge < -0.3 is 0 Å². The van der Waals surface area contributed by atoms with Gasteiger partial charge in [-0.05, 0) is 6.07 Å². The summed E-state index contributed by atoms with van der Waals surface area (Å²) in [5.41, 5.74) is 1.34. The first kappa shape index (κ1) is 9.67. The molecular formula is C9H8N2OS. The van der Waals surface area contributed by atoms with Gasteiger partial charge in [-0.3, -0.25) is 14.8 Å². The summed E-state index contributed by atoms with van der Waals surface area (Å²) in [6, 6.07) is 3.66. The van der Waals surface area contributed by atoms with Gasteiger partial charge in [0.05, 0.1) is 11.7 Å². The third kappa shape index (κ3) is 1.67. The molecule has 0 spiro atoms. The van der Waals surface area contributed by atoms with Crippen LogP contribution in [0.5, 0.6) is 0 Å². The first-order valence-corrected chi connectivity index (χ1v) is 3.56. The Kier molecular flexibility index (Phi) is 2.97. The van der Waals surface area contributed by atoms with Crippen molar-refractivity contribution in [2.75, 3.05) is 0 Å². The molecule has 2 heterocycles. The zero-order chi connectivity index (χ0) is 8.39. The van der Waals surface area contributed by atoms with Crippen molar-refractivity contribution in [3.05, 3.63) is 36.3 Å². The summed E-state index contributed by atoms with van der Waals surface area (Å²) in [7, 11) is 0. The van der Waals surface area contributed by atoms with Crippen LogP contribution in [-0.4, -0.2) is 16.3 Å². The highest BCUT2D eigenvalue weighted by Crippen LogP contribution is 2.11. The second kappa shape index (κ2) is 4.00. The van der Waals surface area contributed by atoms with Gasteiger partial charge >= 0.3 is 0 Å². The van der Waals surface area contributed by atoms with Crippen molar-refractivity contribution in [3.8, 4) is 0 Å². The topological polar surface area (TPSA) is 42.9 Å². The number of rotatable bonds is 1. The molecular weight excluding hydrogens is 184 g/mol. The molecule has 0 bridgehead atoms. The molecule has 0 atom stereocenters. The highest BCUT2D eigenvalue weighted by Gasteiger charge is 1.98. The van der Waals surface area contributed by atoms with Gasteiger partial charge in [0, 0.05) is 23.3 Å². The fraction of sp³-hybridized carbons (Fsp3) is 0. The normalized spacial score (nSPS) is 9.23. The smallest absolute Gasteiger partial charge is 0.152 e. The number of fused-ring (bicyclic) bond motifs is 1. The van der Waals surface area contributed by atoms with E-state index in [0.717, 1.165) is 17.2 Å². The first-order valence-electron chi connectivity index (χ1n) is 3.56. The van der Waals surface area contributed by atoms with Crippen molar-refractivity contribution >= 4 is 30.7 Å². The molecule has 2 aromatic heterocycles. The Morgan fingerprint density at radius 2 is 2.15 bits per heavy atom. The van der Waals surface area contributed by atoms with Crippen LogP contribution in [0.25, 0.3) is 10.9 Å². The highest BCUT2D eigenvalue weighted by atomic mass is 32.1. The molecule has 2 rings (SSSR count). The molecule has 0 aliphatic carbocycles. The Morgan fingerprint density at radius 1 is 1.31 bits per heavy atom. The lowest BCUT2D eigenvalue weighted by Crippen LogP contribution is -1.86. The van der Waals surface area contributed by atoms with Crippen LogP contribution in [0.2, 0.25) is 0 Å². The largest absolute Gasteiger partial charge is 0.298 e. The Morgan fingerprint density at radius 3 is 2.92 bits per heavy atom. The van der Waals surface area contributed by atoms with Crippen LogP contribution in [0.15, 0.2) is 30.7 Å². The molecule has 0 aromatic carbocycles. The predicted octanol–water partition coefficient (Wildman–Crippen LogP) is 1.56. The lowest BCUT2D eigenvalue weighted by Gasteiger charge is -1.96. The summed E-state index contributed by atoms with van der Waals surface area (Å²) < 4.78 is 0. The minimum atomic E-state index is 0. The molecule has 2 aromatic rings. The lowest BCUT2D eigenvalue weighted by atomic mass is 10.2. The van der Waals surface area contributed by atoms with Crippen LogP contribution >= 0.6 is 13.5 Å². The second-order valence-electron chi connectivity index (χ2n) is 2.42. The first-order chi connectivity index (χ1) is 5.92. The van der Waals surface area contributed by atoms with E-state index < -0.39 is 0 Å². The summed E-state index contributed by atoms with van der Waals surface area (Å²) in [6.07, 6.45) is 5.65. The maximum Gasteiger partial charge on any atom is 0.152 e. The van der Waals surface area contributed by atoms with Crippen LogP contribution in [-0.2, 0) is 0 Å². The van der Waals surface area contributed by atoms with Gasteiger partial charge in [0.1, 0.15) is 0 Å². The molecule has 0 N–H and O–H groups in total. The molecule has 66 valence electrons. The monoisotopic (exact) mass is 192 g/mol. The molecule has 13 heavy (non-hydrogen) atoms. The lowest BCUT2D eigenvalue weighted by molar-refractivity contribution is 0.112. The Hall–Kier alpha value is -1.42. The fourth-order valence-corrected chi connectivity index (χ4v) is 1.12. The molecule has 0 aliphatic heterocycles. The van der Waals surface area contributed by atoms with Crippen LogP contribution in [0.3, 0.4) is 0 Å². The summed E-state index contributed by atoms with van der Waals surface area (Å²) in [5, 5.41) is 0.850. The number of pyridine rings is 2. The third-order valence-electron chi connectivity index (χ3n) is 1.69. The standard InChI is InChI=1S/C9H6N2O.H2S/c12-6-7-4-10-5-9-8(7)2-1-3-11-9;/h1-6H;1H2. The van der Waals surface area contributed by atoms with Gasteiger partial charge in [-0.25, -0.2) is 0 Å². The van der Waals surface area contributed by atoms with Crippen molar-refractivity contribution in [2.24, 2.45) is 0 Å². The van der Waals surface area contributed by atoms with Crippen molar-refractivity contribution in [3.63, 3.8) is 0 Å². The molecule has 0 aliphatic rings. The van der Waals surface area contributed by atoms with E-state index >= 15 is 0 Å². The Labute approximate surface area is 82.3 Å². The molecule has 0 saturated heterocycles. The van der Waals surface area contributed by atoms with Gasteiger partial charge in [-0.15, -0.1) is 0 Å². The van der Waals surface area contributed by atoms with Crippen molar-refractivity contribution < 1.29 is 4.79 Å². The molecule has 0 fully saturated rings. The van der Waals surface area contributed by atoms with E-state index in [9.17, 15) is 4.79 Å². The predicted molar refractivity (Wildman–Crippen MR) is 55.3 cm³/mol. The minimum absolute atomic E-state index is 0. The number of carbonyl (C=O) groups excluding carboxylic acids is 1. The number of hydrogen-bond acceptors (Lipinski definition) is 3. The summed E-state index contributed by atoms with van der Waals surface area (Å²) in [5.74, 6) is 0. The van der Waals surface area contributed by atoms with Crippen LogP contribution in [0.1, 0.15) is 10.4 Å². The summed E-state index contributed by atoms with van der Waals surface area (Å²) in [4.78, 5) is 18.5. The maximum atomic E-state index is 10.6. The zero-order valence-electron chi connectivity index (χ0n) is 6.77.